The number of carbonyl (C=O) groups is 2. The maximum absolute atomic E-state index is 14.7. The van der Waals surface area contributed by atoms with Crippen LogP contribution in [-0.2, 0) is 31.5 Å². The first-order chi connectivity index (χ1) is 21.8. The predicted molar refractivity (Wildman–Crippen MR) is 169 cm³/mol. The zero-order valence-electron chi connectivity index (χ0n) is 25.8. The van der Waals surface area contributed by atoms with Crippen molar-refractivity contribution in [3.63, 3.8) is 0 Å². The minimum atomic E-state index is -4.48. The number of unbranched alkanes of at least 4 members (excludes halogenated alkanes) is 2. The van der Waals surface area contributed by atoms with E-state index < -0.39 is 37.8 Å². The van der Waals surface area contributed by atoms with E-state index in [-0.39, 0.29) is 42.8 Å². The van der Waals surface area contributed by atoms with Crippen LogP contribution in [0.25, 0.3) is 21.8 Å². The highest BCUT2D eigenvalue weighted by molar-refractivity contribution is 7.89. The standard InChI is InChI=1S/C32H36N2O10S2/c1-22-9-13-25(14-10-22)46(41,42)34(18-6-4-5-8-30(35)36)32(37)31-26-20-23(43-2)11-15-28(26)33(17-7-19-45(38,39)40)29-16-12-24(44-3)21-27(29)31/h9-16,20-21H,4-8,17-19H2,1-3H3,(H-,35,36,38,39,40). The van der Waals surface area contributed by atoms with E-state index in [0.717, 1.165) is 9.87 Å². The Morgan fingerprint density at radius 3 is 1.89 bits per heavy atom. The Hall–Kier alpha value is -4.27. The number of amides is 1. The van der Waals surface area contributed by atoms with E-state index in [9.17, 15) is 31.0 Å². The number of hydrogen-bond acceptors (Lipinski definition) is 9. The molecule has 0 saturated heterocycles. The molecule has 0 bridgehead atoms. The molecular formula is C32H36N2O10S2. The third-order valence-electron chi connectivity index (χ3n) is 7.60. The highest BCUT2D eigenvalue weighted by Crippen LogP contribution is 2.33. The fourth-order valence-corrected chi connectivity index (χ4v) is 7.20. The highest BCUT2D eigenvalue weighted by atomic mass is 32.2. The first-order valence-corrected chi connectivity index (χ1v) is 17.6. The van der Waals surface area contributed by atoms with Crippen LogP contribution in [0.5, 0.6) is 11.5 Å². The minimum absolute atomic E-state index is 0.00365. The van der Waals surface area contributed by atoms with Crippen LogP contribution < -0.4 is 14.0 Å². The van der Waals surface area contributed by atoms with E-state index in [1.54, 1.807) is 53.1 Å². The summed E-state index contributed by atoms with van der Waals surface area (Å²) in [4.78, 5) is 25.7. The second kappa shape index (κ2) is 14.4. The summed E-state index contributed by atoms with van der Waals surface area (Å²) in [5, 5.41) is 9.71. The van der Waals surface area contributed by atoms with Crippen molar-refractivity contribution in [2.75, 3.05) is 26.5 Å². The zero-order chi connectivity index (χ0) is 33.6. The van der Waals surface area contributed by atoms with Crippen LogP contribution in [0.1, 0.15) is 48.0 Å². The number of sulfonamides is 1. The molecule has 1 N–H and O–H groups in total. The number of ether oxygens (including phenoxy) is 2. The first-order valence-electron chi connectivity index (χ1n) is 14.6. The van der Waals surface area contributed by atoms with Crippen molar-refractivity contribution in [1.29, 1.82) is 0 Å². The van der Waals surface area contributed by atoms with Crippen LogP contribution >= 0.6 is 0 Å². The molecule has 0 aliphatic rings. The van der Waals surface area contributed by atoms with Crippen LogP contribution in [0, 0.1) is 6.92 Å². The second-order valence-electron chi connectivity index (χ2n) is 10.8. The molecule has 0 radical (unpaired) electrons. The molecular weight excluding hydrogens is 636 g/mol. The fourth-order valence-electron chi connectivity index (χ4n) is 5.30. The number of benzene rings is 3. The number of aryl methyl sites for hydroxylation is 2. The number of aliphatic carboxylic acids is 1. The number of carbonyl (C=O) groups excluding carboxylic acids is 1. The van der Waals surface area contributed by atoms with Crippen LogP contribution in [-0.4, -0.2) is 69.2 Å². The molecule has 46 heavy (non-hydrogen) atoms. The van der Waals surface area contributed by atoms with Crippen molar-refractivity contribution in [3.8, 4) is 11.5 Å². The van der Waals surface area contributed by atoms with E-state index in [1.807, 2.05) is 6.92 Å². The van der Waals surface area contributed by atoms with Gasteiger partial charge in [0.15, 0.2) is 6.54 Å². The molecule has 1 heterocycles. The van der Waals surface area contributed by atoms with Gasteiger partial charge in [0.1, 0.15) is 11.5 Å². The van der Waals surface area contributed by atoms with Crippen molar-refractivity contribution in [2.24, 2.45) is 0 Å². The van der Waals surface area contributed by atoms with Gasteiger partial charge in [-0.25, -0.2) is 21.1 Å². The normalized spacial score (nSPS) is 11.9. The van der Waals surface area contributed by atoms with Crippen molar-refractivity contribution < 1.29 is 50.1 Å². The molecule has 0 spiro atoms. The third-order valence-corrected chi connectivity index (χ3v) is 10.2. The summed E-state index contributed by atoms with van der Waals surface area (Å²) in [6.45, 7) is 1.71. The lowest BCUT2D eigenvalue weighted by atomic mass is 10.00. The first kappa shape index (κ1) is 34.6. The highest BCUT2D eigenvalue weighted by Gasteiger charge is 2.34. The molecule has 0 unspecified atom stereocenters. The molecule has 12 nitrogen and oxygen atoms in total. The van der Waals surface area contributed by atoms with Gasteiger partial charge >= 0.3 is 5.97 Å². The number of nitrogens with zero attached hydrogens (tertiary/aromatic N) is 2. The topological polar surface area (TPSA) is 171 Å². The average molecular weight is 673 g/mol. The number of hydrogen-bond donors (Lipinski definition) is 1. The number of fused-ring (bicyclic) bond motifs is 2. The molecule has 4 aromatic rings. The van der Waals surface area contributed by atoms with Gasteiger partial charge in [0.2, 0.25) is 11.0 Å². The number of carboxylic acids is 1. The van der Waals surface area contributed by atoms with Crippen molar-refractivity contribution >= 4 is 53.8 Å². The molecule has 0 saturated carbocycles. The molecule has 0 fully saturated rings. The quantitative estimate of drug-likeness (QED) is 0.0842. The maximum Gasteiger partial charge on any atom is 0.303 e. The Morgan fingerprint density at radius 1 is 0.826 bits per heavy atom. The Kier molecular flexibility index (Phi) is 10.9. The number of methoxy groups -OCH3 is 2. The van der Waals surface area contributed by atoms with Gasteiger partial charge in [-0.2, -0.15) is 4.57 Å². The summed E-state index contributed by atoms with van der Waals surface area (Å²) in [6, 6.07) is 16.0. The molecule has 14 heteroatoms. The Labute approximate surface area is 268 Å². The molecule has 1 amide bonds. The van der Waals surface area contributed by atoms with Crippen LogP contribution in [0.15, 0.2) is 65.6 Å². The predicted octanol–water partition coefficient (Wildman–Crippen LogP) is 4.02. The number of rotatable bonds is 15. The molecule has 0 aliphatic heterocycles. The summed E-state index contributed by atoms with van der Waals surface area (Å²) in [5.74, 6) is -1.60. The Bertz CT molecular complexity index is 1910. The van der Waals surface area contributed by atoms with Gasteiger partial charge in [0.05, 0.1) is 45.6 Å². The number of pyridine rings is 1. The Morgan fingerprint density at radius 2 is 1.39 bits per heavy atom. The van der Waals surface area contributed by atoms with Gasteiger partial charge in [-0.3, -0.25) is 9.59 Å². The van der Waals surface area contributed by atoms with Gasteiger partial charge in [-0.1, -0.05) is 24.1 Å². The van der Waals surface area contributed by atoms with Gasteiger partial charge in [-0.05, 0) is 56.2 Å². The molecule has 1 aromatic heterocycles. The van der Waals surface area contributed by atoms with Gasteiger partial charge in [-0.15, -0.1) is 0 Å². The zero-order valence-corrected chi connectivity index (χ0v) is 27.4. The van der Waals surface area contributed by atoms with Crippen LogP contribution in [0.4, 0.5) is 0 Å². The molecule has 3 aromatic carbocycles. The van der Waals surface area contributed by atoms with Crippen molar-refractivity contribution in [3.05, 3.63) is 71.8 Å². The fraction of sp³-hybridized carbons (Fsp3) is 0.344. The van der Waals surface area contributed by atoms with Gasteiger partial charge in [0.25, 0.3) is 15.9 Å². The smallest absolute Gasteiger partial charge is 0.303 e. The van der Waals surface area contributed by atoms with Gasteiger partial charge in [0, 0.05) is 37.3 Å². The monoisotopic (exact) mass is 672 g/mol. The summed E-state index contributed by atoms with van der Waals surface area (Å²) < 4.78 is 75.9. The van der Waals surface area contributed by atoms with Crippen molar-refractivity contribution in [1.82, 2.24) is 4.31 Å². The Balaban J connectivity index is 1.96. The number of carboxylic acid groups (broad SMARTS) is 1. The van der Waals surface area contributed by atoms with Gasteiger partial charge < -0.3 is 19.1 Å². The second-order valence-corrected chi connectivity index (χ2v) is 14.2. The summed E-state index contributed by atoms with van der Waals surface area (Å²) >= 11 is 0. The van der Waals surface area contributed by atoms with E-state index in [4.69, 9.17) is 14.6 Å². The van der Waals surface area contributed by atoms with E-state index in [0.29, 0.717) is 46.1 Å². The lowest BCUT2D eigenvalue weighted by Crippen LogP contribution is -2.40. The molecule has 0 aliphatic carbocycles. The summed E-state index contributed by atoms with van der Waals surface area (Å²) in [7, 11) is -5.96. The lowest BCUT2D eigenvalue weighted by molar-refractivity contribution is -0.645. The third kappa shape index (κ3) is 7.92. The van der Waals surface area contributed by atoms with E-state index in [2.05, 4.69) is 0 Å². The summed E-state index contributed by atoms with van der Waals surface area (Å²) in [6.07, 6.45) is 0.825. The minimum Gasteiger partial charge on any atom is -0.748 e. The lowest BCUT2D eigenvalue weighted by Gasteiger charge is -2.24. The van der Waals surface area contributed by atoms with E-state index >= 15 is 0 Å². The summed E-state index contributed by atoms with van der Waals surface area (Å²) in [5.41, 5.74) is 1.86. The number of aromatic nitrogens is 1. The average Bonchev–Trinajstić information content (AvgIpc) is 3.01. The molecule has 246 valence electrons. The van der Waals surface area contributed by atoms with Crippen LogP contribution in [0.3, 0.4) is 0 Å². The van der Waals surface area contributed by atoms with E-state index in [1.165, 1.54) is 26.4 Å². The van der Waals surface area contributed by atoms with Crippen molar-refractivity contribution in [2.45, 2.75) is 50.5 Å². The van der Waals surface area contributed by atoms with Crippen LogP contribution in [0.2, 0.25) is 0 Å². The largest absolute Gasteiger partial charge is 0.748 e. The maximum atomic E-state index is 14.7. The molecule has 4 rings (SSSR count). The SMILES string of the molecule is COc1ccc2c(c1)c(C(=O)N(CCCCCC(=O)O)S(=O)(=O)c1ccc(C)cc1)c1cc(OC)ccc1[n+]2CCCS(=O)(=O)[O-]. The molecule has 0 atom stereocenters.